The van der Waals surface area contributed by atoms with Crippen LogP contribution in [0.5, 0.6) is 0 Å². The average Bonchev–Trinajstić information content (AvgIpc) is 3.07. The van der Waals surface area contributed by atoms with E-state index >= 15 is 0 Å². The van der Waals surface area contributed by atoms with Crippen molar-refractivity contribution in [1.29, 1.82) is 0 Å². The Kier molecular flexibility index (Phi) is 3.76. The number of aryl methyl sites for hydroxylation is 2. The van der Waals surface area contributed by atoms with Gasteiger partial charge in [-0.2, -0.15) is 0 Å². The number of carbonyl (C=O) groups excluding carboxylic acids is 2. The van der Waals surface area contributed by atoms with Crippen LogP contribution in [-0.2, 0) is 30.6 Å². The SMILES string of the molecule is O=C1N[C@@H](C(=O)NCc2cnc3c(c2)CCC3)Cc2ccccc21. The van der Waals surface area contributed by atoms with E-state index in [0.717, 1.165) is 30.4 Å². The minimum absolute atomic E-state index is 0.154. The molecule has 0 saturated heterocycles. The van der Waals surface area contributed by atoms with Gasteiger partial charge in [0.25, 0.3) is 5.91 Å². The number of carbonyl (C=O) groups is 2. The van der Waals surface area contributed by atoms with E-state index in [2.05, 4.69) is 21.7 Å². The fraction of sp³-hybridized carbons (Fsp3) is 0.316. The standard InChI is InChI=1S/C19H19N3O2/c23-18-15-6-2-1-4-13(15)9-17(22-18)19(24)21-11-12-8-14-5-3-7-16(14)20-10-12/h1-2,4,6,8,10,17H,3,5,7,9,11H2,(H,21,24)(H,22,23)/t17-/m1/s1. The first-order valence-electron chi connectivity index (χ1n) is 8.34. The Bertz CT molecular complexity index is 816. The van der Waals surface area contributed by atoms with E-state index < -0.39 is 6.04 Å². The molecule has 2 aliphatic rings. The summed E-state index contributed by atoms with van der Waals surface area (Å²) in [6.45, 7) is 0.438. The van der Waals surface area contributed by atoms with Crippen LogP contribution in [-0.4, -0.2) is 22.8 Å². The molecule has 1 aliphatic carbocycles. The summed E-state index contributed by atoms with van der Waals surface area (Å²) in [4.78, 5) is 29.0. The highest BCUT2D eigenvalue weighted by atomic mass is 16.2. The number of rotatable bonds is 3. The Labute approximate surface area is 140 Å². The minimum atomic E-state index is -0.519. The molecule has 2 N–H and O–H groups in total. The Morgan fingerprint density at radius 3 is 3.04 bits per heavy atom. The molecule has 2 aromatic rings. The molecule has 0 radical (unpaired) electrons. The highest BCUT2D eigenvalue weighted by Gasteiger charge is 2.28. The van der Waals surface area contributed by atoms with Crippen LogP contribution in [0.4, 0.5) is 0 Å². The molecule has 122 valence electrons. The van der Waals surface area contributed by atoms with E-state index in [9.17, 15) is 9.59 Å². The minimum Gasteiger partial charge on any atom is -0.350 e. The number of nitrogens with zero attached hydrogens (tertiary/aromatic N) is 1. The molecule has 5 heteroatoms. The quantitative estimate of drug-likeness (QED) is 0.901. The summed E-state index contributed by atoms with van der Waals surface area (Å²) in [5.41, 5.74) is 5.05. The Morgan fingerprint density at radius 1 is 1.25 bits per heavy atom. The van der Waals surface area contributed by atoms with Crippen molar-refractivity contribution in [2.45, 2.75) is 38.3 Å². The van der Waals surface area contributed by atoms with Gasteiger partial charge in [0.15, 0.2) is 0 Å². The molecule has 2 amide bonds. The molecule has 2 heterocycles. The fourth-order valence-electron chi connectivity index (χ4n) is 3.47. The number of benzene rings is 1. The summed E-state index contributed by atoms with van der Waals surface area (Å²) in [5, 5.41) is 5.70. The van der Waals surface area contributed by atoms with E-state index in [-0.39, 0.29) is 11.8 Å². The van der Waals surface area contributed by atoms with Crippen molar-refractivity contribution in [3.63, 3.8) is 0 Å². The zero-order valence-corrected chi connectivity index (χ0v) is 13.3. The molecule has 0 saturated carbocycles. The molecule has 0 fully saturated rings. The van der Waals surface area contributed by atoms with E-state index in [1.165, 1.54) is 11.3 Å². The summed E-state index contributed by atoms with van der Waals surface area (Å²) in [7, 11) is 0. The third-order valence-electron chi connectivity index (χ3n) is 4.75. The first kappa shape index (κ1) is 14.9. The number of aromatic nitrogens is 1. The van der Waals surface area contributed by atoms with Crippen molar-refractivity contribution >= 4 is 11.8 Å². The molecule has 5 nitrogen and oxygen atoms in total. The number of hydrogen-bond donors (Lipinski definition) is 2. The molecule has 1 aliphatic heterocycles. The van der Waals surface area contributed by atoms with Crippen LogP contribution in [0.3, 0.4) is 0 Å². The third-order valence-corrected chi connectivity index (χ3v) is 4.75. The molecule has 0 spiro atoms. The lowest BCUT2D eigenvalue weighted by atomic mass is 9.95. The van der Waals surface area contributed by atoms with E-state index in [1.54, 1.807) is 6.07 Å². The number of amides is 2. The molecular weight excluding hydrogens is 302 g/mol. The highest BCUT2D eigenvalue weighted by Crippen LogP contribution is 2.20. The molecule has 24 heavy (non-hydrogen) atoms. The van der Waals surface area contributed by atoms with Crippen molar-refractivity contribution < 1.29 is 9.59 Å². The monoisotopic (exact) mass is 321 g/mol. The summed E-state index contributed by atoms with van der Waals surface area (Å²) in [6, 6.07) is 9.02. The summed E-state index contributed by atoms with van der Waals surface area (Å²) in [6.07, 6.45) is 5.64. The maximum atomic E-state index is 12.4. The van der Waals surface area contributed by atoms with Gasteiger partial charge in [0.05, 0.1) is 0 Å². The van der Waals surface area contributed by atoms with Gasteiger partial charge in [0.1, 0.15) is 6.04 Å². The van der Waals surface area contributed by atoms with Crippen molar-refractivity contribution in [1.82, 2.24) is 15.6 Å². The van der Waals surface area contributed by atoms with Gasteiger partial charge in [-0.25, -0.2) is 0 Å². The van der Waals surface area contributed by atoms with Crippen LogP contribution in [0.15, 0.2) is 36.5 Å². The average molecular weight is 321 g/mol. The van der Waals surface area contributed by atoms with E-state index in [1.807, 2.05) is 24.4 Å². The van der Waals surface area contributed by atoms with E-state index in [4.69, 9.17) is 0 Å². The second kappa shape index (κ2) is 6.07. The molecule has 0 bridgehead atoms. The van der Waals surface area contributed by atoms with Gasteiger partial charge in [-0.05, 0) is 42.0 Å². The maximum Gasteiger partial charge on any atom is 0.252 e. The number of fused-ring (bicyclic) bond motifs is 2. The molecule has 4 rings (SSSR count). The van der Waals surface area contributed by atoms with Gasteiger partial charge < -0.3 is 10.6 Å². The predicted octanol–water partition coefficient (Wildman–Crippen LogP) is 1.54. The van der Waals surface area contributed by atoms with Crippen LogP contribution in [0.2, 0.25) is 0 Å². The second-order valence-corrected chi connectivity index (χ2v) is 6.41. The largest absolute Gasteiger partial charge is 0.350 e. The van der Waals surface area contributed by atoms with Crippen molar-refractivity contribution in [3.05, 3.63) is 64.5 Å². The molecular formula is C19H19N3O2. The highest BCUT2D eigenvalue weighted by molar-refractivity contribution is 6.00. The second-order valence-electron chi connectivity index (χ2n) is 6.41. The Balaban J connectivity index is 1.41. The first-order chi connectivity index (χ1) is 11.7. The van der Waals surface area contributed by atoms with Crippen molar-refractivity contribution in [2.75, 3.05) is 0 Å². The lowest BCUT2D eigenvalue weighted by Crippen LogP contribution is -2.50. The molecule has 1 aromatic carbocycles. The van der Waals surface area contributed by atoms with Crippen LogP contribution < -0.4 is 10.6 Å². The number of nitrogens with one attached hydrogen (secondary N) is 2. The van der Waals surface area contributed by atoms with Gasteiger partial charge in [-0.15, -0.1) is 0 Å². The maximum absolute atomic E-state index is 12.4. The fourth-order valence-corrected chi connectivity index (χ4v) is 3.47. The van der Waals surface area contributed by atoms with E-state index in [0.29, 0.717) is 18.5 Å². The summed E-state index contributed by atoms with van der Waals surface area (Å²) in [5.74, 6) is -0.338. The summed E-state index contributed by atoms with van der Waals surface area (Å²) < 4.78 is 0. The van der Waals surface area contributed by atoms with Gasteiger partial charge in [-0.1, -0.05) is 24.3 Å². The van der Waals surface area contributed by atoms with Crippen LogP contribution >= 0.6 is 0 Å². The van der Waals surface area contributed by atoms with Gasteiger partial charge in [0.2, 0.25) is 5.91 Å². The van der Waals surface area contributed by atoms with Crippen molar-refractivity contribution in [2.24, 2.45) is 0 Å². The normalized spacial score (nSPS) is 18.5. The predicted molar refractivity (Wildman–Crippen MR) is 89.5 cm³/mol. The first-order valence-corrected chi connectivity index (χ1v) is 8.34. The van der Waals surface area contributed by atoms with Crippen molar-refractivity contribution in [3.8, 4) is 0 Å². The Morgan fingerprint density at radius 2 is 2.12 bits per heavy atom. The van der Waals surface area contributed by atoms with Gasteiger partial charge >= 0.3 is 0 Å². The number of pyridine rings is 1. The number of hydrogen-bond acceptors (Lipinski definition) is 3. The topological polar surface area (TPSA) is 71.1 Å². The summed E-state index contributed by atoms with van der Waals surface area (Å²) >= 11 is 0. The van der Waals surface area contributed by atoms with Crippen LogP contribution in [0.25, 0.3) is 0 Å². The van der Waals surface area contributed by atoms with Crippen LogP contribution in [0.1, 0.15) is 39.2 Å². The smallest absolute Gasteiger partial charge is 0.252 e. The zero-order valence-electron chi connectivity index (χ0n) is 13.3. The lowest BCUT2D eigenvalue weighted by Gasteiger charge is -2.24. The molecule has 1 atom stereocenters. The third kappa shape index (κ3) is 2.77. The Hall–Kier alpha value is -2.69. The van der Waals surface area contributed by atoms with Crippen LogP contribution in [0, 0.1) is 0 Å². The zero-order chi connectivity index (χ0) is 16.5. The molecule has 0 unspecified atom stereocenters. The van der Waals surface area contributed by atoms with Gasteiger partial charge in [-0.3, -0.25) is 14.6 Å². The lowest BCUT2D eigenvalue weighted by molar-refractivity contribution is -0.123. The van der Waals surface area contributed by atoms with Gasteiger partial charge in [0, 0.05) is 30.4 Å². The molecule has 1 aromatic heterocycles.